The first-order chi connectivity index (χ1) is 10.3. The van der Waals surface area contributed by atoms with Crippen molar-refractivity contribution < 1.29 is 5.11 Å². The SMILES string of the molecule is CCCN1CC(Cc2ccccc2)c2cc(CO)ccc21. The minimum absolute atomic E-state index is 0.124. The van der Waals surface area contributed by atoms with E-state index in [1.54, 1.807) is 0 Å². The highest BCUT2D eigenvalue weighted by molar-refractivity contribution is 5.61. The van der Waals surface area contributed by atoms with Crippen molar-refractivity contribution in [2.24, 2.45) is 0 Å². The zero-order chi connectivity index (χ0) is 14.7. The maximum absolute atomic E-state index is 9.40. The van der Waals surface area contributed by atoms with Gasteiger partial charge < -0.3 is 10.0 Å². The summed E-state index contributed by atoms with van der Waals surface area (Å²) in [6.07, 6.45) is 2.24. The van der Waals surface area contributed by atoms with E-state index in [-0.39, 0.29) is 6.61 Å². The quantitative estimate of drug-likeness (QED) is 0.902. The molecule has 0 radical (unpaired) electrons. The van der Waals surface area contributed by atoms with Crippen LogP contribution in [-0.4, -0.2) is 18.2 Å². The number of fused-ring (bicyclic) bond motifs is 1. The van der Waals surface area contributed by atoms with Crippen LogP contribution in [-0.2, 0) is 13.0 Å². The summed E-state index contributed by atoms with van der Waals surface area (Å²) in [6, 6.07) is 17.1. The van der Waals surface area contributed by atoms with E-state index < -0.39 is 0 Å². The van der Waals surface area contributed by atoms with Crippen LogP contribution >= 0.6 is 0 Å². The van der Waals surface area contributed by atoms with Gasteiger partial charge in [-0.3, -0.25) is 0 Å². The first-order valence-electron chi connectivity index (χ1n) is 7.84. The van der Waals surface area contributed by atoms with Crippen molar-refractivity contribution >= 4 is 5.69 Å². The van der Waals surface area contributed by atoms with E-state index in [9.17, 15) is 5.11 Å². The second-order valence-electron chi connectivity index (χ2n) is 5.88. The van der Waals surface area contributed by atoms with Crippen LogP contribution < -0.4 is 4.90 Å². The van der Waals surface area contributed by atoms with Crippen LogP contribution in [0.3, 0.4) is 0 Å². The largest absolute Gasteiger partial charge is 0.392 e. The van der Waals surface area contributed by atoms with E-state index in [1.807, 2.05) is 6.07 Å². The van der Waals surface area contributed by atoms with Crippen LogP contribution in [0.25, 0.3) is 0 Å². The molecule has 0 spiro atoms. The highest BCUT2D eigenvalue weighted by Crippen LogP contribution is 2.38. The minimum atomic E-state index is 0.124. The van der Waals surface area contributed by atoms with Crippen LogP contribution in [0.2, 0.25) is 0 Å². The van der Waals surface area contributed by atoms with Crippen LogP contribution in [0.4, 0.5) is 5.69 Å². The average Bonchev–Trinajstić information content (AvgIpc) is 2.86. The first kappa shape index (κ1) is 14.2. The van der Waals surface area contributed by atoms with Crippen molar-refractivity contribution in [1.29, 1.82) is 0 Å². The number of anilines is 1. The molecule has 2 aromatic rings. The van der Waals surface area contributed by atoms with Crippen molar-refractivity contribution in [2.75, 3.05) is 18.0 Å². The lowest BCUT2D eigenvalue weighted by Crippen LogP contribution is -2.23. The molecule has 2 nitrogen and oxygen atoms in total. The zero-order valence-electron chi connectivity index (χ0n) is 12.6. The Morgan fingerprint density at radius 3 is 2.62 bits per heavy atom. The molecule has 0 saturated heterocycles. The summed E-state index contributed by atoms with van der Waals surface area (Å²) in [5.74, 6) is 0.528. The molecule has 1 aliphatic heterocycles. The predicted molar refractivity (Wildman–Crippen MR) is 87.8 cm³/mol. The van der Waals surface area contributed by atoms with Gasteiger partial charge in [0.25, 0.3) is 0 Å². The normalized spacial score (nSPS) is 17.0. The Labute approximate surface area is 127 Å². The second-order valence-corrected chi connectivity index (χ2v) is 5.88. The molecule has 1 heterocycles. The van der Waals surface area contributed by atoms with E-state index in [1.165, 1.54) is 23.2 Å². The van der Waals surface area contributed by atoms with Crippen LogP contribution in [0, 0.1) is 0 Å². The second kappa shape index (κ2) is 6.31. The number of hydrogen-bond acceptors (Lipinski definition) is 2. The van der Waals surface area contributed by atoms with Gasteiger partial charge in [-0.05, 0) is 35.6 Å². The van der Waals surface area contributed by atoms with E-state index in [4.69, 9.17) is 0 Å². The van der Waals surface area contributed by atoms with E-state index in [0.29, 0.717) is 5.92 Å². The molecule has 1 N–H and O–H groups in total. The van der Waals surface area contributed by atoms with Crippen molar-refractivity contribution in [2.45, 2.75) is 32.3 Å². The molecule has 0 amide bonds. The third-order valence-electron chi connectivity index (χ3n) is 4.31. The molecule has 0 aliphatic carbocycles. The van der Waals surface area contributed by atoms with E-state index >= 15 is 0 Å². The van der Waals surface area contributed by atoms with Gasteiger partial charge in [0.05, 0.1) is 6.61 Å². The molecule has 2 aromatic carbocycles. The predicted octanol–water partition coefficient (Wildman–Crippen LogP) is 3.74. The third kappa shape index (κ3) is 2.96. The molecule has 0 saturated carbocycles. The van der Waals surface area contributed by atoms with Crippen molar-refractivity contribution in [1.82, 2.24) is 0 Å². The maximum atomic E-state index is 9.40. The molecule has 0 fully saturated rings. The molecule has 1 aliphatic rings. The number of aliphatic hydroxyl groups excluding tert-OH is 1. The minimum Gasteiger partial charge on any atom is -0.392 e. The Bertz CT molecular complexity index is 594. The van der Waals surface area contributed by atoms with Crippen molar-refractivity contribution in [3.8, 4) is 0 Å². The van der Waals surface area contributed by atoms with Crippen LogP contribution in [0.15, 0.2) is 48.5 Å². The van der Waals surface area contributed by atoms with E-state index in [0.717, 1.165) is 25.1 Å². The molecule has 0 aromatic heterocycles. The van der Waals surface area contributed by atoms with Gasteiger partial charge in [-0.1, -0.05) is 49.4 Å². The highest BCUT2D eigenvalue weighted by atomic mass is 16.3. The fraction of sp³-hybridized carbons (Fsp3) is 0.368. The summed E-state index contributed by atoms with van der Waals surface area (Å²) in [6.45, 7) is 4.55. The zero-order valence-corrected chi connectivity index (χ0v) is 12.6. The molecule has 2 heteroatoms. The molecule has 0 bridgehead atoms. The lowest BCUT2D eigenvalue weighted by Gasteiger charge is -2.19. The number of hydrogen-bond donors (Lipinski definition) is 1. The summed E-state index contributed by atoms with van der Waals surface area (Å²) < 4.78 is 0. The van der Waals surface area contributed by atoms with Gasteiger partial charge in [-0.2, -0.15) is 0 Å². The molecule has 3 rings (SSSR count). The summed E-state index contributed by atoms with van der Waals surface area (Å²) in [4.78, 5) is 2.49. The van der Waals surface area contributed by atoms with E-state index in [2.05, 4.69) is 54.3 Å². The molecule has 110 valence electrons. The standard InChI is InChI=1S/C19H23NO/c1-2-10-20-13-17(11-15-6-4-3-5-7-15)18-12-16(14-21)8-9-19(18)20/h3-9,12,17,21H,2,10-11,13-14H2,1H3. The summed E-state index contributed by atoms with van der Waals surface area (Å²) in [7, 11) is 0. The lowest BCUT2D eigenvalue weighted by atomic mass is 9.93. The fourth-order valence-corrected chi connectivity index (χ4v) is 3.33. The Balaban J connectivity index is 1.89. The van der Waals surface area contributed by atoms with Gasteiger partial charge in [0, 0.05) is 24.7 Å². The average molecular weight is 281 g/mol. The smallest absolute Gasteiger partial charge is 0.0681 e. The Morgan fingerprint density at radius 1 is 1.10 bits per heavy atom. The molecular weight excluding hydrogens is 258 g/mol. The topological polar surface area (TPSA) is 23.5 Å². The molecule has 1 atom stereocenters. The van der Waals surface area contributed by atoms with Crippen LogP contribution in [0.1, 0.15) is 36.0 Å². The Hall–Kier alpha value is -1.80. The van der Waals surface area contributed by atoms with Gasteiger partial charge in [0.15, 0.2) is 0 Å². The highest BCUT2D eigenvalue weighted by Gasteiger charge is 2.28. The van der Waals surface area contributed by atoms with Gasteiger partial charge >= 0.3 is 0 Å². The van der Waals surface area contributed by atoms with Crippen molar-refractivity contribution in [3.63, 3.8) is 0 Å². The monoisotopic (exact) mass is 281 g/mol. The van der Waals surface area contributed by atoms with Gasteiger partial charge in [-0.15, -0.1) is 0 Å². The van der Waals surface area contributed by atoms with Gasteiger partial charge in [0.1, 0.15) is 0 Å². The summed E-state index contributed by atoms with van der Waals surface area (Å²) in [5.41, 5.74) is 5.17. The van der Waals surface area contributed by atoms with Crippen molar-refractivity contribution in [3.05, 3.63) is 65.2 Å². The summed E-state index contributed by atoms with van der Waals surface area (Å²) >= 11 is 0. The molecule has 1 unspecified atom stereocenters. The first-order valence-corrected chi connectivity index (χ1v) is 7.84. The lowest BCUT2D eigenvalue weighted by molar-refractivity contribution is 0.281. The summed E-state index contributed by atoms with van der Waals surface area (Å²) in [5, 5.41) is 9.40. The molecular formula is C19H23NO. The Morgan fingerprint density at radius 2 is 1.90 bits per heavy atom. The van der Waals surface area contributed by atoms with Gasteiger partial charge in [-0.25, -0.2) is 0 Å². The van der Waals surface area contributed by atoms with Gasteiger partial charge in [0.2, 0.25) is 0 Å². The maximum Gasteiger partial charge on any atom is 0.0681 e. The number of rotatable bonds is 5. The molecule has 21 heavy (non-hydrogen) atoms. The number of aliphatic hydroxyl groups is 1. The number of benzene rings is 2. The fourth-order valence-electron chi connectivity index (χ4n) is 3.33. The number of nitrogens with zero attached hydrogens (tertiary/aromatic N) is 1. The third-order valence-corrected chi connectivity index (χ3v) is 4.31. The Kier molecular flexibility index (Phi) is 4.26. The van der Waals surface area contributed by atoms with Crippen LogP contribution in [0.5, 0.6) is 0 Å².